The van der Waals surface area contributed by atoms with E-state index in [1.54, 1.807) is 0 Å². The minimum Gasteiger partial charge on any atom is -0.397 e. The van der Waals surface area contributed by atoms with Crippen molar-refractivity contribution in [2.45, 2.75) is 45.6 Å². The van der Waals surface area contributed by atoms with Gasteiger partial charge in [0.15, 0.2) is 0 Å². The molecule has 0 spiro atoms. The summed E-state index contributed by atoms with van der Waals surface area (Å²) in [6.45, 7) is 9.81. The maximum Gasteiger partial charge on any atom is 0.321 e. The highest BCUT2D eigenvalue weighted by molar-refractivity contribution is 6.44. The van der Waals surface area contributed by atoms with E-state index in [2.05, 4.69) is 20.8 Å². The lowest BCUT2D eigenvalue weighted by molar-refractivity contribution is 0.196. The van der Waals surface area contributed by atoms with E-state index in [9.17, 15) is 0 Å². The van der Waals surface area contributed by atoms with Gasteiger partial charge in [0.2, 0.25) is 0 Å². The van der Waals surface area contributed by atoms with Crippen LogP contribution in [-0.4, -0.2) is 22.5 Å². The predicted molar refractivity (Wildman–Crippen MR) is 59.0 cm³/mol. The van der Waals surface area contributed by atoms with Crippen molar-refractivity contribution in [1.82, 2.24) is 0 Å². The molecule has 0 aromatic heterocycles. The van der Waals surface area contributed by atoms with Crippen LogP contribution in [0.15, 0.2) is 0 Å². The van der Waals surface area contributed by atoms with Gasteiger partial charge in [-0.15, -0.1) is 0 Å². The molecule has 0 atom stereocenters. The highest BCUT2D eigenvalue weighted by Crippen LogP contribution is 2.04. The van der Waals surface area contributed by atoms with Crippen molar-refractivity contribution in [3.8, 4) is 0 Å². The summed E-state index contributed by atoms with van der Waals surface area (Å²) in [6, 6.07) is 1.11. The van der Waals surface area contributed by atoms with E-state index in [0.29, 0.717) is 0 Å². The first kappa shape index (κ1) is 13.1. The van der Waals surface area contributed by atoms with Crippen LogP contribution in [0.3, 0.4) is 0 Å². The van der Waals surface area contributed by atoms with E-state index in [1.165, 1.54) is 0 Å². The molecule has 13 heavy (non-hydrogen) atoms. The molecule has 0 unspecified atom stereocenters. The summed E-state index contributed by atoms with van der Waals surface area (Å²) in [7, 11) is -1.33. The fourth-order valence-corrected chi connectivity index (χ4v) is 3.07. The third-order valence-corrected chi connectivity index (χ3v) is 3.80. The minimum atomic E-state index is -1.33. The minimum absolute atomic E-state index is 0.859. The topological polar surface area (TPSA) is 18.5 Å². The largest absolute Gasteiger partial charge is 0.397 e. The lowest BCUT2D eigenvalue weighted by atomic mass is 10.4. The average Bonchev–Trinajstić information content (AvgIpc) is 2.17. The van der Waals surface area contributed by atoms with Crippen molar-refractivity contribution in [2.24, 2.45) is 0 Å². The average molecular weight is 203 g/mol. The molecule has 0 N–H and O–H groups in total. The molecule has 0 fully saturated rings. The molecule has 0 saturated heterocycles. The van der Waals surface area contributed by atoms with Crippen LogP contribution in [0.1, 0.15) is 39.5 Å². The first-order chi connectivity index (χ1) is 6.35. The maximum atomic E-state index is 5.68. The van der Waals surface area contributed by atoms with E-state index in [4.69, 9.17) is 8.85 Å². The zero-order chi connectivity index (χ0) is 9.94. The normalized spacial score (nSPS) is 11.1. The van der Waals surface area contributed by atoms with Gasteiger partial charge in [-0.3, -0.25) is 0 Å². The Labute approximate surface area is 84.5 Å². The summed E-state index contributed by atoms with van der Waals surface area (Å²) in [5.41, 5.74) is 0. The lowest BCUT2D eigenvalue weighted by Gasteiger charge is -2.15. The van der Waals surface area contributed by atoms with Crippen molar-refractivity contribution in [3.63, 3.8) is 0 Å². The second-order valence-electron chi connectivity index (χ2n) is 3.17. The van der Waals surface area contributed by atoms with Crippen LogP contribution in [0.25, 0.3) is 0 Å². The second kappa shape index (κ2) is 10.2. The Kier molecular flexibility index (Phi) is 10.3. The van der Waals surface area contributed by atoms with Crippen LogP contribution in [0, 0.1) is 6.92 Å². The molecule has 0 rings (SSSR count). The van der Waals surface area contributed by atoms with Gasteiger partial charge in [0.05, 0.1) is 0 Å². The highest BCUT2D eigenvalue weighted by atomic mass is 28.3. The number of hydrogen-bond acceptors (Lipinski definition) is 2. The summed E-state index contributed by atoms with van der Waals surface area (Å²) >= 11 is 0. The van der Waals surface area contributed by atoms with Crippen molar-refractivity contribution < 1.29 is 8.85 Å². The van der Waals surface area contributed by atoms with Gasteiger partial charge in [-0.2, -0.15) is 0 Å². The molecule has 0 saturated carbocycles. The van der Waals surface area contributed by atoms with Crippen LogP contribution in [0.4, 0.5) is 0 Å². The van der Waals surface area contributed by atoms with E-state index in [0.717, 1.165) is 44.9 Å². The fourth-order valence-electron chi connectivity index (χ4n) is 1.02. The zero-order valence-corrected chi connectivity index (χ0v) is 10.2. The smallest absolute Gasteiger partial charge is 0.321 e. The number of hydrogen-bond donors (Lipinski definition) is 0. The van der Waals surface area contributed by atoms with Gasteiger partial charge < -0.3 is 8.85 Å². The first-order valence-electron chi connectivity index (χ1n) is 5.37. The highest BCUT2D eigenvalue weighted by Gasteiger charge is 2.11. The van der Waals surface area contributed by atoms with E-state index in [-0.39, 0.29) is 0 Å². The predicted octanol–water partition coefficient (Wildman–Crippen LogP) is 2.67. The maximum absolute atomic E-state index is 5.68. The van der Waals surface area contributed by atoms with Crippen LogP contribution in [0.2, 0.25) is 6.04 Å². The molecule has 0 heterocycles. The van der Waals surface area contributed by atoms with Crippen molar-refractivity contribution >= 4 is 9.28 Å². The molecule has 0 aliphatic heterocycles. The van der Waals surface area contributed by atoms with Gasteiger partial charge in [0.1, 0.15) is 0 Å². The Morgan fingerprint density at radius 3 is 2.00 bits per heavy atom. The summed E-state index contributed by atoms with van der Waals surface area (Å²) in [4.78, 5) is 0. The molecule has 0 aromatic carbocycles. The number of rotatable bonds is 9. The number of unbranched alkanes of at least 4 members (excludes halogenated alkanes) is 1. The van der Waals surface area contributed by atoms with Crippen molar-refractivity contribution in [3.05, 3.63) is 6.92 Å². The van der Waals surface area contributed by atoms with Crippen LogP contribution >= 0.6 is 0 Å². The van der Waals surface area contributed by atoms with Crippen LogP contribution in [-0.2, 0) is 8.85 Å². The molecule has 0 aromatic rings. The molecule has 0 aliphatic carbocycles. The van der Waals surface area contributed by atoms with Gasteiger partial charge in [-0.1, -0.05) is 33.6 Å². The Hall–Kier alpha value is 0.137. The Bertz CT molecular complexity index is 79.9. The van der Waals surface area contributed by atoms with Gasteiger partial charge in [-0.25, -0.2) is 0 Å². The lowest BCUT2D eigenvalue weighted by Crippen LogP contribution is -2.23. The van der Waals surface area contributed by atoms with Gasteiger partial charge >= 0.3 is 9.28 Å². The quantitative estimate of drug-likeness (QED) is 0.536. The molecule has 0 aliphatic rings. The van der Waals surface area contributed by atoms with Crippen LogP contribution in [0.5, 0.6) is 0 Å². The third-order valence-electron chi connectivity index (χ3n) is 1.71. The molecular weight excluding hydrogens is 180 g/mol. The van der Waals surface area contributed by atoms with Gasteiger partial charge in [-0.05, 0) is 18.9 Å². The monoisotopic (exact) mass is 203 g/mol. The molecule has 1 radical (unpaired) electrons. The third kappa shape index (κ3) is 8.47. The van der Waals surface area contributed by atoms with Gasteiger partial charge in [0.25, 0.3) is 0 Å². The molecular formula is C10H23O2Si. The Morgan fingerprint density at radius 1 is 1.08 bits per heavy atom. The zero-order valence-electron chi connectivity index (χ0n) is 9.05. The van der Waals surface area contributed by atoms with Crippen molar-refractivity contribution in [1.29, 1.82) is 0 Å². The van der Waals surface area contributed by atoms with Gasteiger partial charge in [0, 0.05) is 13.2 Å². The fraction of sp³-hybridized carbons (Fsp3) is 0.900. The molecule has 2 nitrogen and oxygen atoms in total. The molecule has 79 valence electrons. The van der Waals surface area contributed by atoms with Crippen LogP contribution < -0.4 is 0 Å². The summed E-state index contributed by atoms with van der Waals surface area (Å²) in [5, 5.41) is 0. The summed E-state index contributed by atoms with van der Waals surface area (Å²) in [5.74, 6) is 0. The molecule has 3 heteroatoms. The van der Waals surface area contributed by atoms with E-state index < -0.39 is 9.28 Å². The molecule has 0 bridgehead atoms. The Balaban J connectivity index is 3.47. The standard InChI is InChI=1S/C10H23O2Si/c1-4-7-10-13(11-8-5-2)12-9-6-3/h13H,1,4-10H2,2-3H3. The summed E-state index contributed by atoms with van der Waals surface area (Å²) in [6.07, 6.45) is 4.31. The summed E-state index contributed by atoms with van der Waals surface area (Å²) < 4.78 is 11.4. The second-order valence-corrected chi connectivity index (χ2v) is 5.27. The first-order valence-corrected chi connectivity index (χ1v) is 7.13. The SMILES string of the molecule is [CH2]CCC[SiH](OCCC)OCCC. The van der Waals surface area contributed by atoms with E-state index >= 15 is 0 Å². The van der Waals surface area contributed by atoms with Crippen molar-refractivity contribution in [2.75, 3.05) is 13.2 Å². The van der Waals surface area contributed by atoms with E-state index in [1.807, 2.05) is 0 Å². The molecule has 0 amide bonds. The Morgan fingerprint density at radius 2 is 1.62 bits per heavy atom.